The standard InChI is InChI=1S/C13H15N7S/c14-12(21)10-8-18-11(9-17-10)19-4-6-20(7-5-19)13-15-2-1-3-16-13/h1-3,8-9H,4-7H2,(H2,14,21). The Morgan fingerprint density at radius 2 is 1.62 bits per heavy atom. The fourth-order valence-corrected chi connectivity index (χ4v) is 2.31. The molecule has 1 aliphatic heterocycles. The molecule has 0 radical (unpaired) electrons. The number of hydrogen-bond donors (Lipinski definition) is 1. The molecule has 3 heterocycles. The second kappa shape index (κ2) is 5.96. The number of thiocarbonyl (C=S) groups is 1. The second-order valence-electron chi connectivity index (χ2n) is 4.65. The first-order valence-corrected chi connectivity index (χ1v) is 7.03. The average Bonchev–Trinajstić information content (AvgIpc) is 2.56. The molecule has 21 heavy (non-hydrogen) atoms. The second-order valence-corrected chi connectivity index (χ2v) is 5.09. The molecule has 0 aliphatic carbocycles. The number of piperazine rings is 1. The van der Waals surface area contributed by atoms with Gasteiger partial charge in [0, 0.05) is 38.6 Å². The van der Waals surface area contributed by atoms with Crippen LogP contribution >= 0.6 is 12.2 Å². The highest BCUT2D eigenvalue weighted by molar-refractivity contribution is 7.80. The summed E-state index contributed by atoms with van der Waals surface area (Å²) in [5.41, 5.74) is 6.07. The van der Waals surface area contributed by atoms with Gasteiger partial charge in [-0.15, -0.1) is 0 Å². The van der Waals surface area contributed by atoms with Crippen LogP contribution in [0.5, 0.6) is 0 Å². The van der Waals surface area contributed by atoms with E-state index in [1.807, 2.05) is 6.07 Å². The van der Waals surface area contributed by atoms with Gasteiger partial charge in [-0.05, 0) is 6.07 Å². The SMILES string of the molecule is NC(=S)c1cnc(N2CCN(c3ncccn3)CC2)cn1. The highest BCUT2D eigenvalue weighted by Gasteiger charge is 2.19. The normalized spacial score (nSPS) is 15.0. The number of rotatable bonds is 3. The summed E-state index contributed by atoms with van der Waals surface area (Å²) in [6, 6.07) is 1.82. The Morgan fingerprint density at radius 1 is 0.952 bits per heavy atom. The first-order chi connectivity index (χ1) is 10.2. The van der Waals surface area contributed by atoms with Crippen LogP contribution < -0.4 is 15.5 Å². The van der Waals surface area contributed by atoms with Crippen LogP contribution in [0.1, 0.15) is 5.69 Å². The Balaban J connectivity index is 1.64. The molecule has 2 N–H and O–H groups in total. The predicted octanol–water partition coefficient (Wildman–Crippen LogP) is 0.227. The smallest absolute Gasteiger partial charge is 0.225 e. The molecule has 0 amide bonds. The van der Waals surface area contributed by atoms with Crippen molar-refractivity contribution in [2.45, 2.75) is 0 Å². The van der Waals surface area contributed by atoms with E-state index < -0.39 is 0 Å². The molecule has 7 nitrogen and oxygen atoms in total. The average molecular weight is 301 g/mol. The van der Waals surface area contributed by atoms with Crippen molar-refractivity contribution in [3.8, 4) is 0 Å². The summed E-state index contributed by atoms with van der Waals surface area (Å²) in [7, 11) is 0. The lowest BCUT2D eigenvalue weighted by atomic mass is 10.3. The summed E-state index contributed by atoms with van der Waals surface area (Å²) in [4.78, 5) is 21.7. The van der Waals surface area contributed by atoms with Crippen LogP contribution in [0.15, 0.2) is 30.9 Å². The van der Waals surface area contributed by atoms with Gasteiger partial charge in [-0.1, -0.05) is 12.2 Å². The van der Waals surface area contributed by atoms with Crippen LogP contribution in [0, 0.1) is 0 Å². The predicted molar refractivity (Wildman–Crippen MR) is 84.4 cm³/mol. The number of nitrogens with zero attached hydrogens (tertiary/aromatic N) is 6. The van der Waals surface area contributed by atoms with E-state index in [1.165, 1.54) is 0 Å². The number of hydrogen-bond acceptors (Lipinski definition) is 7. The van der Waals surface area contributed by atoms with Gasteiger partial charge in [0.25, 0.3) is 0 Å². The largest absolute Gasteiger partial charge is 0.388 e. The molecule has 3 rings (SSSR count). The van der Waals surface area contributed by atoms with Gasteiger partial charge in [-0.2, -0.15) is 0 Å². The molecule has 0 unspecified atom stereocenters. The first kappa shape index (κ1) is 13.6. The van der Waals surface area contributed by atoms with Crippen molar-refractivity contribution >= 4 is 29.0 Å². The topological polar surface area (TPSA) is 84.1 Å². The molecule has 0 spiro atoms. The zero-order valence-electron chi connectivity index (χ0n) is 11.4. The lowest BCUT2D eigenvalue weighted by Crippen LogP contribution is -2.47. The number of nitrogens with two attached hydrogens (primary N) is 1. The zero-order chi connectivity index (χ0) is 14.7. The summed E-state index contributed by atoms with van der Waals surface area (Å²) < 4.78 is 0. The fourth-order valence-electron chi connectivity index (χ4n) is 2.20. The van der Waals surface area contributed by atoms with E-state index in [2.05, 4.69) is 29.7 Å². The van der Waals surface area contributed by atoms with E-state index in [9.17, 15) is 0 Å². The van der Waals surface area contributed by atoms with E-state index in [1.54, 1.807) is 24.8 Å². The maximum atomic E-state index is 5.52. The van der Waals surface area contributed by atoms with Crippen molar-refractivity contribution in [3.05, 3.63) is 36.5 Å². The van der Waals surface area contributed by atoms with Crippen molar-refractivity contribution in [2.75, 3.05) is 36.0 Å². The van der Waals surface area contributed by atoms with Gasteiger partial charge in [0.1, 0.15) is 16.5 Å². The molecule has 0 saturated carbocycles. The van der Waals surface area contributed by atoms with E-state index in [-0.39, 0.29) is 4.99 Å². The Labute approximate surface area is 127 Å². The fraction of sp³-hybridized carbons (Fsp3) is 0.308. The molecule has 0 aromatic carbocycles. The van der Waals surface area contributed by atoms with Gasteiger partial charge >= 0.3 is 0 Å². The van der Waals surface area contributed by atoms with Gasteiger partial charge in [0.15, 0.2) is 0 Å². The van der Waals surface area contributed by atoms with E-state index in [4.69, 9.17) is 18.0 Å². The maximum Gasteiger partial charge on any atom is 0.225 e. The molecule has 1 saturated heterocycles. The minimum atomic E-state index is 0.264. The Hall–Kier alpha value is -2.35. The molecule has 8 heteroatoms. The molecule has 108 valence electrons. The highest BCUT2D eigenvalue weighted by atomic mass is 32.1. The minimum Gasteiger partial charge on any atom is -0.388 e. The molecule has 1 fully saturated rings. The summed E-state index contributed by atoms with van der Waals surface area (Å²) in [5.74, 6) is 1.61. The Bertz CT molecular complexity index is 608. The molecule has 0 bridgehead atoms. The van der Waals surface area contributed by atoms with Gasteiger partial charge in [-0.3, -0.25) is 0 Å². The van der Waals surface area contributed by atoms with Crippen LogP contribution in [0.2, 0.25) is 0 Å². The minimum absolute atomic E-state index is 0.264. The van der Waals surface area contributed by atoms with Crippen LogP contribution in [0.25, 0.3) is 0 Å². The van der Waals surface area contributed by atoms with E-state index >= 15 is 0 Å². The number of anilines is 2. The van der Waals surface area contributed by atoms with Gasteiger partial charge in [0.05, 0.1) is 12.4 Å². The van der Waals surface area contributed by atoms with Crippen LogP contribution in [-0.4, -0.2) is 51.1 Å². The quantitative estimate of drug-likeness (QED) is 0.807. The van der Waals surface area contributed by atoms with Crippen LogP contribution in [0.4, 0.5) is 11.8 Å². The highest BCUT2D eigenvalue weighted by Crippen LogP contribution is 2.15. The summed E-state index contributed by atoms with van der Waals surface area (Å²) >= 11 is 4.87. The third kappa shape index (κ3) is 3.05. The lowest BCUT2D eigenvalue weighted by molar-refractivity contribution is 0.633. The lowest BCUT2D eigenvalue weighted by Gasteiger charge is -2.35. The first-order valence-electron chi connectivity index (χ1n) is 6.63. The third-order valence-electron chi connectivity index (χ3n) is 3.33. The number of aromatic nitrogens is 4. The summed E-state index contributed by atoms with van der Waals surface area (Å²) in [6.07, 6.45) is 6.84. The molecule has 0 atom stereocenters. The van der Waals surface area contributed by atoms with Crippen molar-refractivity contribution in [1.29, 1.82) is 0 Å². The summed E-state index contributed by atoms with van der Waals surface area (Å²) in [5, 5.41) is 0. The molecular weight excluding hydrogens is 286 g/mol. The molecule has 2 aromatic rings. The molecule has 1 aliphatic rings. The maximum absolute atomic E-state index is 5.52. The van der Waals surface area contributed by atoms with Crippen molar-refractivity contribution in [1.82, 2.24) is 19.9 Å². The van der Waals surface area contributed by atoms with Crippen LogP contribution in [0.3, 0.4) is 0 Å². The third-order valence-corrected chi connectivity index (χ3v) is 3.54. The van der Waals surface area contributed by atoms with Crippen molar-refractivity contribution in [3.63, 3.8) is 0 Å². The monoisotopic (exact) mass is 301 g/mol. The Kier molecular flexibility index (Phi) is 3.87. The van der Waals surface area contributed by atoms with Crippen molar-refractivity contribution in [2.24, 2.45) is 5.73 Å². The molecular formula is C13H15N7S. The van der Waals surface area contributed by atoms with Gasteiger partial charge < -0.3 is 15.5 Å². The summed E-state index contributed by atoms with van der Waals surface area (Å²) in [6.45, 7) is 3.39. The molecule has 2 aromatic heterocycles. The van der Waals surface area contributed by atoms with E-state index in [0.29, 0.717) is 5.69 Å². The van der Waals surface area contributed by atoms with Gasteiger partial charge in [-0.25, -0.2) is 19.9 Å². The van der Waals surface area contributed by atoms with Crippen LogP contribution in [-0.2, 0) is 0 Å². The Morgan fingerprint density at radius 3 is 2.19 bits per heavy atom. The van der Waals surface area contributed by atoms with Crippen molar-refractivity contribution < 1.29 is 0 Å². The zero-order valence-corrected chi connectivity index (χ0v) is 12.2. The van der Waals surface area contributed by atoms with Gasteiger partial charge in [0.2, 0.25) is 5.95 Å². The van der Waals surface area contributed by atoms with E-state index in [0.717, 1.165) is 37.9 Å².